The van der Waals surface area contributed by atoms with Crippen molar-refractivity contribution >= 4 is 11.6 Å². The molecule has 7 nitrogen and oxygen atoms in total. The second kappa shape index (κ2) is 8.13. The molecule has 1 aliphatic heterocycles. The molecule has 2 aromatic heterocycles. The fraction of sp³-hybridized carbons (Fsp3) is 0.364. The third-order valence-corrected chi connectivity index (χ3v) is 5.43. The summed E-state index contributed by atoms with van der Waals surface area (Å²) in [6.07, 6.45) is 0.741. The summed E-state index contributed by atoms with van der Waals surface area (Å²) in [5.41, 5.74) is 8.84. The summed E-state index contributed by atoms with van der Waals surface area (Å²) in [4.78, 5) is 24.8. The first-order chi connectivity index (χ1) is 14.1. The van der Waals surface area contributed by atoms with Gasteiger partial charge in [0, 0.05) is 49.9 Å². The van der Waals surface area contributed by atoms with Gasteiger partial charge in [-0.2, -0.15) is 0 Å². The van der Waals surface area contributed by atoms with Crippen molar-refractivity contribution in [3.8, 4) is 11.4 Å². The number of aromatic amines is 1. The predicted octanol–water partition coefficient (Wildman–Crippen LogP) is 3.02. The van der Waals surface area contributed by atoms with E-state index in [-0.39, 0.29) is 5.56 Å². The maximum Gasteiger partial charge on any atom is 0.255 e. The quantitative estimate of drug-likeness (QED) is 0.626. The summed E-state index contributed by atoms with van der Waals surface area (Å²) in [7, 11) is 0. The minimum absolute atomic E-state index is 0.0743. The van der Waals surface area contributed by atoms with E-state index in [0.717, 1.165) is 54.5 Å². The van der Waals surface area contributed by atoms with E-state index in [4.69, 9.17) is 15.1 Å². The van der Waals surface area contributed by atoms with Gasteiger partial charge in [-0.3, -0.25) is 9.69 Å². The van der Waals surface area contributed by atoms with Crippen LogP contribution in [0.3, 0.4) is 0 Å². The van der Waals surface area contributed by atoms with Gasteiger partial charge < -0.3 is 20.0 Å². The van der Waals surface area contributed by atoms with Crippen molar-refractivity contribution in [1.29, 1.82) is 0 Å². The number of nitrogen functional groups attached to an aromatic ring is 1. The van der Waals surface area contributed by atoms with E-state index in [1.165, 1.54) is 0 Å². The fourth-order valence-corrected chi connectivity index (χ4v) is 3.77. The number of benzene rings is 1. The SMILES string of the molecule is CCN(CC)c1ccc(CN2CCc3nc(-c4ccc(N)cc4)[nH]c(=O)c3C2)o1. The van der Waals surface area contributed by atoms with Crippen LogP contribution in [0.15, 0.2) is 45.6 Å². The van der Waals surface area contributed by atoms with Crippen LogP contribution < -0.4 is 16.2 Å². The van der Waals surface area contributed by atoms with Crippen molar-refractivity contribution in [1.82, 2.24) is 14.9 Å². The standard InChI is InChI=1S/C22H27N5O2/c1-3-27(4-2)20-10-9-17(29-20)13-26-12-11-19-18(14-26)22(28)25-21(24-19)15-5-7-16(23)8-6-15/h5-10H,3-4,11-14,23H2,1-2H3,(H,24,25,28). The fourth-order valence-electron chi connectivity index (χ4n) is 3.77. The van der Waals surface area contributed by atoms with Crippen molar-refractivity contribution in [2.75, 3.05) is 30.3 Å². The van der Waals surface area contributed by atoms with Gasteiger partial charge in [0.2, 0.25) is 0 Å². The number of rotatable bonds is 6. The molecule has 1 aliphatic rings. The molecule has 0 saturated carbocycles. The molecule has 0 radical (unpaired) electrons. The first-order valence-corrected chi connectivity index (χ1v) is 10.1. The molecule has 0 bridgehead atoms. The van der Waals surface area contributed by atoms with E-state index in [0.29, 0.717) is 24.6 Å². The van der Waals surface area contributed by atoms with E-state index in [1.807, 2.05) is 36.4 Å². The van der Waals surface area contributed by atoms with E-state index in [2.05, 4.69) is 28.6 Å². The zero-order chi connectivity index (χ0) is 20.4. The lowest BCUT2D eigenvalue weighted by Gasteiger charge is -2.27. The van der Waals surface area contributed by atoms with Crippen molar-refractivity contribution in [3.05, 3.63) is 63.8 Å². The number of nitrogens with one attached hydrogen (secondary N) is 1. The number of anilines is 2. The molecule has 3 heterocycles. The molecular formula is C22H27N5O2. The van der Waals surface area contributed by atoms with Crippen molar-refractivity contribution < 1.29 is 4.42 Å². The summed E-state index contributed by atoms with van der Waals surface area (Å²) < 4.78 is 6.01. The Kier molecular flexibility index (Phi) is 5.40. The number of furan rings is 1. The Labute approximate surface area is 170 Å². The Morgan fingerprint density at radius 3 is 2.66 bits per heavy atom. The number of aromatic nitrogens is 2. The minimum Gasteiger partial charge on any atom is -0.444 e. The highest BCUT2D eigenvalue weighted by molar-refractivity contribution is 5.58. The highest BCUT2D eigenvalue weighted by atomic mass is 16.4. The Balaban J connectivity index is 1.50. The number of H-pyrrole nitrogens is 1. The van der Waals surface area contributed by atoms with E-state index >= 15 is 0 Å². The van der Waals surface area contributed by atoms with E-state index in [1.54, 1.807) is 0 Å². The molecule has 7 heteroatoms. The number of hydrogen-bond donors (Lipinski definition) is 2. The molecule has 4 rings (SSSR count). The van der Waals surface area contributed by atoms with Gasteiger partial charge >= 0.3 is 0 Å². The molecule has 0 fully saturated rings. The smallest absolute Gasteiger partial charge is 0.255 e. The van der Waals surface area contributed by atoms with Crippen LogP contribution in [0.5, 0.6) is 0 Å². The van der Waals surface area contributed by atoms with E-state index < -0.39 is 0 Å². The molecule has 0 spiro atoms. The van der Waals surface area contributed by atoms with Crippen LogP contribution in [0.2, 0.25) is 0 Å². The third kappa shape index (κ3) is 4.05. The van der Waals surface area contributed by atoms with Crippen LogP contribution in [0.4, 0.5) is 11.6 Å². The van der Waals surface area contributed by atoms with Gasteiger partial charge in [0.25, 0.3) is 5.56 Å². The number of nitrogens with zero attached hydrogens (tertiary/aromatic N) is 3. The Bertz CT molecular complexity index is 1030. The van der Waals surface area contributed by atoms with Gasteiger partial charge in [-0.05, 0) is 44.2 Å². The lowest BCUT2D eigenvalue weighted by atomic mass is 10.1. The number of hydrogen-bond acceptors (Lipinski definition) is 6. The maximum atomic E-state index is 12.7. The third-order valence-electron chi connectivity index (χ3n) is 5.43. The first kappa shape index (κ1) is 19.3. The average Bonchev–Trinajstić information content (AvgIpc) is 3.18. The zero-order valence-electron chi connectivity index (χ0n) is 16.9. The Hall–Kier alpha value is -3.06. The highest BCUT2D eigenvalue weighted by Gasteiger charge is 2.22. The molecule has 0 atom stereocenters. The summed E-state index contributed by atoms with van der Waals surface area (Å²) in [5, 5.41) is 0. The van der Waals surface area contributed by atoms with Gasteiger partial charge in [-0.25, -0.2) is 4.98 Å². The van der Waals surface area contributed by atoms with Crippen LogP contribution in [0, 0.1) is 0 Å². The second-order valence-corrected chi connectivity index (χ2v) is 7.33. The van der Waals surface area contributed by atoms with Crippen LogP contribution in [-0.4, -0.2) is 34.5 Å². The topological polar surface area (TPSA) is 91.4 Å². The summed E-state index contributed by atoms with van der Waals surface area (Å²) in [5.74, 6) is 2.41. The minimum atomic E-state index is -0.0743. The lowest BCUT2D eigenvalue weighted by molar-refractivity contribution is 0.223. The van der Waals surface area contributed by atoms with Crippen molar-refractivity contribution in [3.63, 3.8) is 0 Å². The Morgan fingerprint density at radius 2 is 1.93 bits per heavy atom. The molecule has 3 N–H and O–H groups in total. The largest absolute Gasteiger partial charge is 0.444 e. The molecule has 29 heavy (non-hydrogen) atoms. The highest BCUT2D eigenvalue weighted by Crippen LogP contribution is 2.23. The molecular weight excluding hydrogens is 366 g/mol. The van der Waals surface area contributed by atoms with Crippen molar-refractivity contribution in [2.45, 2.75) is 33.4 Å². The summed E-state index contributed by atoms with van der Waals surface area (Å²) in [6, 6.07) is 11.4. The lowest BCUT2D eigenvalue weighted by Crippen LogP contribution is -2.35. The zero-order valence-corrected chi connectivity index (χ0v) is 16.9. The number of fused-ring (bicyclic) bond motifs is 1. The van der Waals surface area contributed by atoms with Crippen LogP contribution in [0.25, 0.3) is 11.4 Å². The van der Waals surface area contributed by atoms with Gasteiger partial charge in [-0.15, -0.1) is 0 Å². The second-order valence-electron chi connectivity index (χ2n) is 7.33. The van der Waals surface area contributed by atoms with Gasteiger partial charge in [0.15, 0.2) is 5.88 Å². The van der Waals surface area contributed by atoms with Crippen molar-refractivity contribution in [2.24, 2.45) is 0 Å². The van der Waals surface area contributed by atoms with Crippen LogP contribution >= 0.6 is 0 Å². The van der Waals surface area contributed by atoms with E-state index in [9.17, 15) is 4.79 Å². The molecule has 0 amide bonds. The molecule has 0 unspecified atom stereocenters. The monoisotopic (exact) mass is 393 g/mol. The van der Waals surface area contributed by atoms with Crippen LogP contribution in [-0.2, 0) is 19.5 Å². The van der Waals surface area contributed by atoms with Crippen LogP contribution in [0.1, 0.15) is 30.9 Å². The van der Waals surface area contributed by atoms with Gasteiger partial charge in [0.1, 0.15) is 11.6 Å². The molecule has 152 valence electrons. The molecule has 0 saturated heterocycles. The first-order valence-electron chi connectivity index (χ1n) is 10.1. The molecule has 0 aliphatic carbocycles. The normalized spacial score (nSPS) is 14.0. The maximum absolute atomic E-state index is 12.7. The van der Waals surface area contributed by atoms with Gasteiger partial charge in [-0.1, -0.05) is 0 Å². The summed E-state index contributed by atoms with van der Waals surface area (Å²) >= 11 is 0. The van der Waals surface area contributed by atoms with Gasteiger partial charge in [0.05, 0.1) is 17.8 Å². The summed E-state index contributed by atoms with van der Waals surface area (Å²) in [6.45, 7) is 8.15. The molecule has 1 aromatic carbocycles. The average molecular weight is 393 g/mol. The number of nitrogens with two attached hydrogens (primary N) is 1. The predicted molar refractivity (Wildman–Crippen MR) is 115 cm³/mol. The Morgan fingerprint density at radius 1 is 1.17 bits per heavy atom. The molecule has 3 aromatic rings.